The van der Waals surface area contributed by atoms with Gasteiger partial charge in [0.15, 0.2) is 11.5 Å². The molecule has 37 heavy (non-hydrogen) atoms. The third kappa shape index (κ3) is 4.54. The van der Waals surface area contributed by atoms with Crippen LogP contribution in [0.4, 0.5) is 4.39 Å². The molecule has 0 unspecified atom stereocenters. The zero-order valence-electron chi connectivity index (χ0n) is 19.5. The maximum atomic E-state index is 14.5. The number of hydrogen-bond acceptors (Lipinski definition) is 8. The van der Waals surface area contributed by atoms with Crippen LogP contribution < -0.4 is 0 Å². The van der Waals surface area contributed by atoms with E-state index in [0.29, 0.717) is 45.1 Å². The van der Waals surface area contributed by atoms with E-state index < -0.39 is 15.7 Å². The second kappa shape index (κ2) is 8.82. The van der Waals surface area contributed by atoms with Crippen LogP contribution in [0.15, 0.2) is 61.4 Å². The number of aryl methyl sites for hydroxylation is 1. The second-order valence-electron chi connectivity index (χ2n) is 8.69. The third-order valence-corrected chi connectivity index (χ3v) is 6.90. The van der Waals surface area contributed by atoms with Gasteiger partial charge in [-0.1, -0.05) is 6.07 Å². The smallest absolute Gasteiger partial charge is 0.178 e. The van der Waals surface area contributed by atoms with Gasteiger partial charge in [-0.15, -0.1) is 0 Å². The van der Waals surface area contributed by atoms with Crippen molar-refractivity contribution in [2.75, 3.05) is 12.0 Å². The van der Waals surface area contributed by atoms with Crippen molar-refractivity contribution in [3.05, 3.63) is 72.8 Å². The van der Waals surface area contributed by atoms with E-state index in [9.17, 15) is 12.8 Å². The van der Waals surface area contributed by atoms with Crippen molar-refractivity contribution >= 4 is 31.9 Å². The van der Waals surface area contributed by atoms with Gasteiger partial charge < -0.3 is 4.98 Å². The summed E-state index contributed by atoms with van der Waals surface area (Å²) < 4.78 is 37.7. The molecule has 0 aliphatic heterocycles. The summed E-state index contributed by atoms with van der Waals surface area (Å²) in [5, 5.41) is 8.21. The van der Waals surface area contributed by atoms with E-state index in [1.165, 1.54) is 18.5 Å². The molecule has 10 nitrogen and oxygen atoms in total. The van der Waals surface area contributed by atoms with Crippen molar-refractivity contribution in [3.8, 4) is 33.9 Å². The average Bonchev–Trinajstić information content (AvgIpc) is 3.51. The minimum absolute atomic E-state index is 0.0615. The lowest BCUT2D eigenvalue weighted by Crippen LogP contribution is -2.06. The highest BCUT2D eigenvalue weighted by molar-refractivity contribution is 7.90. The summed E-state index contributed by atoms with van der Waals surface area (Å²) in [7, 11) is -3.18. The van der Waals surface area contributed by atoms with Crippen molar-refractivity contribution in [2.24, 2.45) is 0 Å². The number of nitrogens with zero attached hydrogens (tertiary/aromatic N) is 6. The number of rotatable bonds is 6. The number of benzene rings is 1. The number of fused-ring (bicyclic) bond motifs is 2. The predicted molar refractivity (Wildman–Crippen MR) is 137 cm³/mol. The van der Waals surface area contributed by atoms with Crippen molar-refractivity contribution in [1.29, 1.82) is 0 Å². The van der Waals surface area contributed by atoms with Crippen molar-refractivity contribution in [2.45, 2.75) is 6.42 Å². The van der Waals surface area contributed by atoms with Gasteiger partial charge >= 0.3 is 0 Å². The van der Waals surface area contributed by atoms with E-state index in [0.717, 1.165) is 22.7 Å². The molecule has 6 aromatic rings. The highest BCUT2D eigenvalue weighted by Gasteiger charge is 2.17. The standard InChI is InChI=1S/C25H19FN8O2S/c1-37(35,36)5-3-14-6-15(8-17(26)7-14)18-2-4-29-24-22(18)31-25(32-24)23-19-9-20(16-10-27-13-28-11-16)30-12-21(19)33-34-23/h2,4,6-13H,3,5H2,1H3,(H,33,34)(H,29,31,32). The van der Waals surface area contributed by atoms with E-state index in [-0.39, 0.29) is 12.2 Å². The molecule has 0 aliphatic rings. The monoisotopic (exact) mass is 514 g/mol. The maximum Gasteiger partial charge on any atom is 0.178 e. The lowest BCUT2D eigenvalue weighted by atomic mass is 10.0. The molecule has 12 heteroatoms. The molecule has 0 fully saturated rings. The van der Waals surface area contributed by atoms with E-state index in [1.807, 2.05) is 6.07 Å². The minimum atomic E-state index is -3.18. The Bertz CT molecular complexity index is 1880. The van der Waals surface area contributed by atoms with Gasteiger partial charge in [-0.2, -0.15) is 5.10 Å². The molecule has 0 bridgehead atoms. The zero-order chi connectivity index (χ0) is 25.6. The van der Waals surface area contributed by atoms with Gasteiger partial charge in [-0.05, 0) is 41.8 Å². The number of pyridine rings is 2. The van der Waals surface area contributed by atoms with E-state index in [4.69, 9.17) is 0 Å². The fourth-order valence-corrected chi connectivity index (χ4v) is 4.81. The zero-order valence-corrected chi connectivity index (χ0v) is 20.3. The molecule has 184 valence electrons. The summed E-state index contributed by atoms with van der Waals surface area (Å²) >= 11 is 0. The lowest BCUT2D eigenvalue weighted by Gasteiger charge is -2.07. The quantitative estimate of drug-likeness (QED) is 0.342. The normalized spacial score (nSPS) is 11.9. The Morgan fingerprint density at radius 3 is 2.65 bits per heavy atom. The fraction of sp³-hybridized carbons (Fsp3) is 0.120. The summed E-state index contributed by atoms with van der Waals surface area (Å²) in [6, 6.07) is 8.19. The van der Waals surface area contributed by atoms with Gasteiger partial charge in [0.2, 0.25) is 0 Å². The Morgan fingerprint density at radius 1 is 1.00 bits per heavy atom. The van der Waals surface area contributed by atoms with Gasteiger partial charge in [-0.25, -0.2) is 32.7 Å². The maximum absolute atomic E-state index is 14.5. The molecule has 0 amide bonds. The molecule has 0 spiro atoms. The largest absolute Gasteiger partial charge is 0.335 e. The Balaban J connectivity index is 1.44. The van der Waals surface area contributed by atoms with E-state index in [2.05, 4.69) is 40.1 Å². The van der Waals surface area contributed by atoms with Crippen LogP contribution in [0.25, 0.3) is 56.0 Å². The number of aromatic nitrogens is 8. The van der Waals surface area contributed by atoms with Crippen LogP contribution in [0.2, 0.25) is 0 Å². The summed E-state index contributed by atoms with van der Waals surface area (Å²) in [6.07, 6.45) is 9.49. The van der Waals surface area contributed by atoms with Gasteiger partial charge in [0, 0.05) is 41.4 Å². The predicted octanol–water partition coefficient (Wildman–Crippen LogP) is 3.75. The van der Waals surface area contributed by atoms with Crippen molar-refractivity contribution in [1.82, 2.24) is 40.1 Å². The van der Waals surface area contributed by atoms with Crippen LogP contribution in [-0.2, 0) is 16.3 Å². The highest BCUT2D eigenvalue weighted by Crippen LogP contribution is 2.32. The minimum Gasteiger partial charge on any atom is -0.335 e. The molecule has 5 heterocycles. The lowest BCUT2D eigenvalue weighted by molar-refractivity contribution is 0.600. The Hall–Kier alpha value is -4.58. The van der Waals surface area contributed by atoms with Gasteiger partial charge in [0.25, 0.3) is 0 Å². The third-order valence-electron chi connectivity index (χ3n) is 5.95. The summed E-state index contributed by atoms with van der Waals surface area (Å²) in [4.78, 5) is 24.9. The molecule has 0 radical (unpaired) electrons. The Morgan fingerprint density at radius 2 is 1.84 bits per heavy atom. The first-order valence-electron chi connectivity index (χ1n) is 11.3. The van der Waals surface area contributed by atoms with Crippen LogP contribution in [0.1, 0.15) is 5.56 Å². The number of imidazole rings is 1. The van der Waals surface area contributed by atoms with Crippen molar-refractivity contribution in [3.63, 3.8) is 0 Å². The van der Waals surface area contributed by atoms with Crippen LogP contribution in [0, 0.1) is 5.82 Å². The molecular weight excluding hydrogens is 495 g/mol. The number of hydrogen-bond donors (Lipinski definition) is 2. The molecule has 6 rings (SSSR count). The molecular formula is C25H19FN8O2S. The molecule has 0 aliphatic carbocycles. The summed E-state index contributed by atoms with van der Waals surface area (Å²) in [6.45, 7) is 0. The summed E-state index contributed by atoms with van der Waals surface area (Å²) in [5.41, 5.74) is 5.68. The molecule has 0 atom stereocenters. The van der Waals surface area contributed by atoms with Gasteiger partial charge in [0.1, 0.15) is 27.7 Å². The van der Waals surface area contributed by atoms with Crippen LogP contribution in [0.3, 0.4) is 0 Å². The molecule has 1 aromatic carbocycles. The SMILES string of the molecule is CS(=O)(=O)CCc1cc(F)cc(-c2ccnc3nc(-c4n[nH]c5cnc(-c6cncnc6)cc45)[nH]c23)c1. The molecule has 2 N–H and O–H groups in total. The molecule has 5 aromatic heterocycles. The summed E-state index contributed by atoms with van der Waals surface area (Å²) in [5.74, 6) is -0.0288. The first kappa shape index (κ1) is 22.9. The van der Waals surface area contributed by atoms with Crippen LogP contribution >= 0.6 is 0 Å². The molecule has 0 saturated carbocycles. The van der Waals surface area contributed by atoms with Crippen LogP contribution in [-0.4, -0.2) is 60.5 Å². The van der Waals surface area contributed by atoms with Gasteiger partial charge in [-0.3, -0.25) is 10.1 Å². The van der Waals surface area contributed by atoms with E-state index in [1.54, 1.807) is 36.9 Å². The molecule has 0 saturated heterocycles. The average molecular weight is 515 g/mol. The Kier molecular flexibility index (Phi) is 5.45. The van der Waals surface area contributed by atoms with Crippen LogP contribution in [0.5, 0.6) is 0 Å². The number of aromatic amines is 2. The fourth-order valence-electron chi connectivity index (χ4n) is 4.20. The topological polar surface area (TPSA) is 143 Å². The number of nitrogens with one attached hydrogen (secondary N) is 2. The highest BCUT2D eigenvalue weighted by atomic mass is 32.2. The van der Waals surface area contributed by atoms with E-state index >= 15 is 0 Å². The second-order valence-corrected chi connectivity index (χ2v) is 10.9. The Labute approximate surface area is 210 Å². The number of halogens is 1. The number of H-pyrrole nitrogens is 2. The first-order valence-corrected chi connectivity index (χ1v) is 13.3. The number of sulfone groups is 1. The van der Waals surface area contributed by atoms with Gasteiger partial charge in [0.05, 0.1) is 28.7 Å². The van der Waals surface area contributed by atoms with Crippen molar-refractivity contribution < 1.29 is 12.8 Å². The first-order chi connectivity index (χ1) is 17.8.